The topological polar surface area (TPSA) is 160 Å². The molecular formula is C27H26BrN9O3. The van der Waals surface area contributed by atoms with Gasteiger partial charge in [-0.3, -0.25) is 19.3 Å². The minimum absolute atomic E-state index is 0.0386. The number of fused-ring (bicyclic) bond motifs is 2. The minimum Gasteiger partial charge on any atom is -0.363 e. The SMILES string of the molecule is Cc1ncc(-c2ccc3c(NC(=O)N4[C@H](C(=O)Nc5nc(Br)ccc5C)C[C@@]5(C)C[C@@H]45)nc(C(N)=O)n3c2)cn1. The van der Waals surface area contributed by atoms with Crippen LogP contribution in [0.1, 0.15) is 41.8 Å². The molecule has 1 saturated carbocycles. The van der Waals surface area contributed by atoms with E-state index in [1.54, 1.807) is 42.5 Å². The number of aromatic nitrogens is 5. The van der Waals surface area contributed by atoms with Crippen molar-refractivity contribution in [3.8, 4) is 11.1 Å². The lowest BCUT2D eigenvalue weighted by Crippen LogP contribution is -2.47. The molecule has 40 heavy (non-hydrogen) atoms. The molecule has 0 bridgehead atoms. The van der Waals surface area contributed by atoms with Crippen molar-refractivity contribution in [2.75, 3.05) is 10.6 Å². The fourth-order valence-corrected chi connectivity index (χ4v) is 5.67. The van der Waals surface area contributed by atoms with E-state index in [9.17, 15) is 14.4 Å². The van der Waals surface area contributed by atoms with Gasteiger partial charge < -0.3 is 16.0 Å². The largest absolute Gasteiger partial charge is 0.363 e. The Morgan fingerprint density at radius 3 is 2.48 bits per heavy atom. The number of piperidine rings is 1. The molecule has 6 rings (SSSR count). The fourth-order valence-electron chi connectivity index (χ4n) is 5.36. The number of halogens is 1. The highest BCUT2D eigenvalue weighted by molar-refractivity contribution is 9.10. The number of nitrogens with one attached hydrogen (secondary N) is 2. The first kappa shape index (κ1) is 25.9. The number of imidazole rings is 1. The summed E-state index contributed by atoms with van der Waals surface area (Å²) in [6.07, 6.45) is 6.40. The van der Waals surface area contributed by atoms with Crippen LogP contribution in [0.2, 0.25) is 0 Å². The summed E-state index contributed by atoms with van der Waals surface area (Å²) in [5.74, 6) is 0.143. The number of primary amides is 1. The number of hydrogen-bond donors (Lipinski definition) is 3. The Labute approximate surface area is 237 Å². The van der Waals surface area contributed by atoms with Gasteiger partial charge in [-0.2, -0.15) is 0 Å². The van der Waals surface area contributed by atoms with Gasteiger partial charge in [-0.05, 0) is 65.7 Å². The maximum absolute atomic E-state index is 13.7. The molecule has 1 aliphatic carbocycles. The average Bonchev–Trinajstić information content (AvgIpc) is 3.28. The molecule has 4 amide bonds. The molecule has 2 aliphatic rings. The van der Waals surface area contributed by atoms with Gasteiger partial charge in [0.15, 0.2) is 5.82 Å². The van der Waals surface area contributed by atoms with Crippen molar-refractivity contribution in [3.63, 3.8) is 0 Å². The Morgan fingerprint density at radius 1 is 1.00 bits per heavy atom. The molecule has 0 spiro atoms. The molecule has 0 aromatic carbocycles. The quantitative estimate of drug-likeness (QED) is 0.293. The van der Waals surface area contributed by atoms with Gasteiger partial charge in [0.25, 0.3) is 5.91 Å². The predicted octanol–water partition coefficient (Wildman–Crippen LogP) is 3.69. The lowest BCUT2D eigenvalue weighted by Gasteiger charge is -2.26. The van der Waals surface area contributed by atoms with Crippen LogP contribution in [-0.2, 0) is 4.79 Å². The highest BCUT2D eigenvalue weighted by atomic mass is 79.9. The first-order valence-corrected chi connectivity index (χ1v) is 13.5. The van der Waals surface area contributed by atoms with E-state index in [2.05, 4.69) is 53.4 Å². The minimum atomic E-state index is -0.752. The van der Waals surface area contributed by atoms with E-state index in [4.69, 9.17) is 5.73 Å². The second kappa shape index (κ2) is 9.37. The maximum atomic E-state index is 13.7. The summed E-state index contributed by atoms with van der Waals surface area (Å²) >= 11 is 3.33. The Kier molecular flexibility index (Phi) is 6.06. The van der Waals surface area contributed by atoms with E-state index in [0.717, 1.165) is 23.1 Å². The third-order valence-corrected chi connectivity index (χ3v) is 8.12. The molecule has 1 saturated heterocycles. The normalized spacial score (nSPS) is 21.2. The summed E-state index contributed by atoms with van der Waals surface area (Å²) in [6.45, 7) is 5.71. The number of carbonyl (C=O) groups is 3. The van der Waals surface area contributed by atoms with Crippen molar-refractivity contribution in [1.29, 1.82) is 0 Å². The molecular weight excluding hydrogens is 578 g/mol. The van der Waals surface area contributed by atoms with Crippen LogP contribution in [0.5, 0.6) is 0 Å². The van der Waals surface area contributed by atoms with E-state index in [1.165, 1.54) is 4.40 Å². The molecule has 0 unspecified atom stereocenters. The summed E-state index contributed by atoms with van der Waals surface area (Å²) in [7, 11) is 0. The summed E-state index contributed by atoms with van der Waals surface area (Å²) in [6, 6.07) is 5.95. The van der Waals surface area contributed by atoms with Crippen LogP contribution >= 0.6 is 15.9 Å². The number of likely N-dealkylation sites (tertiary alicyclic amines) is 1. The molecule has 13 heteroatoms. The summed E-state index contributed by atoms with van der Waals surface area (Å²) < 4.78 is 2.13. The van der Waals surface area contributed by atoms with Gasteiger partial charge in [0, 0.05) is 35.8 Å². The molecule has 0 radical (unpaired) electrons. The van der Waals surface area contributed by atoms with Crippen molar-refractivity contribution in [2.45, 2.75) is 45.7 Å². The Balaban J connectivity index is 1.29. The first-order chi connectivity index (χ1) is 19.0. The third kappa shape index (κ3) is 4.45. The number of urea groups is 1. The van der Waals surface area contributed by atoms with Gasteiger partial charge in [0.05, 0.1) is 5.52 Å². The lowest BCUT2D eigenvalue weighted by atomic mass is 10.0. The summed E-state index contributed by atoms with van der Waals surface area (Å²) in [5, 5.41) is 5.71. The Hall–Kier alpha value is -4.39. The molecule has 204 valence electrons. The van der Waals surface area contributed by atoms with Gasteiger partial charge in [0.1, 0.15) is 22.3 Å². The van der Waals surface area contributed by atoms with Crippen molar-refractivity contribution in [3.05, 3.63) is 64.7 Å². The van der Waals surface area contributed by atoms with Crippen LogP contribution in [0.4, 0.5) is 16.4 Å². The Bertz CT molecular complexity index is 1700. The zero-order chi connectivity index (χ0) is 28.3. The zero-order valence-electron chi connectivity index (χ0n) is 22.0. The zero-order valence-corrected chi connectivity index (χ0v) is 23.6. The van der Waals surface area contributed by atoms with E-state index < -0.39 is 18.0 Å². The van der Waals surface area contributed by atoms with Crippen LogP contribution in [0, 0.1) is 19.3 Å². The molecule has 2 fully saturated rings. The smallest absolute Gasteiger partial charge is 0.324 e. The van der Waals surface area contributed by atoms with Gasteiger partial charge in [0.2, 0.25) is 11.7 Å². The van der Waals surface area contributed by atoms with Crippen LogP contribution < -0.4 is 16.4 Å². The number of aryl methyl sites for hydroxylation is 2. The van der Waals surface area contributed by atoms with Crippen LogP contribution in [0.25, 0.3) is 16.6 Å². The highest BCUT2D eigenvalue weighted by Crippen LogP contribution is 2.59. The van der Waals surface area contributed by atoms with Crippen molar-refractivity contribution >= 4 is 50.9 Å². The van der Waals surface area contributed by atoms with Crippen LogP contribution in [0.15, 0.2) is 47.5 Å². The number of amides is 4. The molecule has 4 N–H and O–H groups in total. The second-order valence-corrected chi connectivity index (χ2v) is 11.4. The van der Waals surface area contributed by atoms with Gasteiger partial charge in [-0.25, -0.2) is 24.7 Å². The second-order valence-electron chi connectivity index (χ2n) is 10.6. The standard InChI is InChI=1S/C27H26BrN9O3/c1-13-4-7-20(28)32-22(13)34-25(39)18-8-27(3)9-19(27)37(18)26(40)35-23-17-6-5-15(16-10-30-14(2)31-11-16)12-36(17)24(33-23)21(29)38/h4-7,10-12,18-19H,8-9H2,1-3H3,(H2,29,38)(H,35,40)(H,32,34,39)/t18-,19+,27-/m0/s1. The Morgan fingerprint density at radius 2 is 1.75 bits per heavy atom. The number of nitrogens with two attached hydrogens (primary N) is 1. The molecule has 4 aromatic heterocycles. The number of nitrogens with zero attached hydrogens (tertiary/aromatic N) is 6. The summed E-state index contributed by atoms with van der Waals surface area (Å²) in [4.78, 5) is 58.0. The van der Waals surface area contributed by atoms with Crippen molar-refractivity contribution in [1.82, 2.24) is 29.2 Å². The highest BCUT2D eigenvalue weighted by Gasteiger charge is 2.64. The summed E-state index contributed by atoms with van der Waals surface area (Å²) in [5.41, 5.74) is 8.26. The van der Waals surface area contributed by atoms with Crippen LogP contribution in [-0.4, -0.2) is 59.2 Å². The van der Waals surface area contributed by atoms with Gasteiger partial charge in [-0.15, -0.1) is 0 Å². The number of rotatable bonds is 5. The monoisotopic (exact) mass is 603 g/mol. The van der Waals surface area contributed by atoms with Crippen molar-refractivity contribution < 1.29 is 14.4 Å². The van der Waals surface area contributed by atoms with E-state index in [1.807, 2.05) is 19.1 Å². The number of hydrogen-bond acceptors (Lipinski definition) is 7. The van der Waals surface area contributed by atoms with Crippen LogP contribution in [0.3, 0.4) is 0 Å². The van der Waals surface area contributed by atoms with Gasteiger partial charge >= 0.3 is 6.03 Å². The molecule has 1 aliphatic heterocycles. The average molecular weight is 604 g/mol. The first-order valence-electron chi connectivity index (χ1n) is 12.7. The molecule has 5 heterocycles. The molecule has 12 nitrogen and oxygen atoms in total. The third-order valence-electron chi connectivity index (χ3n) is 7.67. The van der Waals surface area contributed by atoms with Crippen molar-refractivity contribution in [2.24, 2.45) is 11.1 Å². The van der Waals surface area contributed by atoms with E-state index in [0.29, 0.717) is 28.2 Å². The number of carbonyl (C=O) groups excluding carboxylic acids is 3. The number of pyridine rings is 2. The predicted molar refractivity (Wildman–Crippen MR) is 151 cm³/mol. The molecule has 3 atom stereocenters. The number of anilines is 2. The fraction of sp³-hybridized carbons (Fsp3) is 0.296. The van der Waals surface area contributed by atoms with Gasteiger partial charge in [-0.1, -0.05) is 19.1 Å². The maximum Gasteiger partial charge on any atom is 0.324 e. The molecule has 4 aromatic rings. The van der Waals surface area contributed by atoms with E-state index in [-0.39, 0.29) is 29.0 Å². The lowest BCUT2D eigenvalue weighted by molar-refractivity contribution is -0.120. The van der Waals surface area contributed by atoms with E-state index >= 15 is 0 Å².